The molecule has 0 bridgehead atoms. The van der Waals surface area contributed by atoms with Crippen molar-refractivity contribution in [3.63, 3.8) is 0 Å². The number of unbranched alkanes of at least 4 members (excludes halogenated alkanes) is 1. The molecule has 1 amide bonds. The molecular formula is C16H33N3O. The first-order valence-electron chi connectivity index (χ1n) is 8.34. The summed E-state index contributed by atoms with van der Waals surface area (Å²) >= 11 is 0. The molecule has 3 atom stereocenters. The molecule has 118 valence electrons. The van der Waals surface area contributed by atoms with Gasteiger partial charge in [0, 0.05) is 6.04 Å². The first-order chi connectivity index (χ1) is 9.62. The van der Waals surface area contributed by atoms with Crippen molar-refractivity contribution in [3.8, 4) is 0 Å². The van der Waals surface area contributed by atoms with Gasteiger partial charge in [-0.1, -0.05) is 39.5 Å². The number of amides is 1. The lowest BCUT2D eigenvalue weighted by Crippen LogP contribution is -2.50. The van der Waals surface area contributed by atoms with Gasteiger partial charge in [0.25, 0.3) is 0 Å². The van der Waals surface area contributed by atoms with Crippen molar-refractivity contribution >= 4 is 5.91 Å². The van der Waals surface area contributed by atoms with E-state index in [-0.39, 0.29) is 5.91 Å². The molecule has 1 rings (SSSR count). The van der Waals surface area contributed by atoms with E-state index in [0.29, 0.717) is 18.5 Å². The van der Waals surface area contributed by atoms with Crippen LogP contribution in [0.1, 0.15) is 58.8 Å². The van der Waals surface area contributed by atoms with Crippen LogP contribution in [0.4, 0.5) is 0 Å². The van der Waals surface area contributed by atoms with Crippen LogP contribution in [-0.4, -0.2) is 36.5 Å². The van der Waals surface area contributed by atoms with Gasteiger partial charge in [0.05, 0.1) is 6.54 Å². The predicted molar refractivity (Wildman–Crippen MR) is 84.3 cm³/mol. The smallest absolute Gasteiger partial charge is 0.231 e. The molecule has 4 heteroatoms. The molecule has 4 nitrogen and oxygen atoms in total. The standard InChI is InChI=1S/C16H33N3O/c1-3-5-9-19(12-16(18)20)15-10-13(6-4-2)7-8-14(15)11-17/h13-15H,3-12,17H2,1-2H3,(H2,18,20). The second-order valence-electron chi connectivity index (χ2n) is 6.32. The summed E-state index contributed by atoms with van der Waals surface area (Å²) < 4.78 is 0. The van der Waals surface area contributed by atoms with Crippen LogP contribution in [0.25, 0.3) is 0 Å². The molecule has 0 spiro atoms. The number of rotatable bonds is 9. The van der Waals surface area contributed by atoms with Crippen molar-refractivity contribution in [2.75, 3.05) is 19.6 Å². The first kappa shape index (κ1) is 17.4. The zero-order chi connectivity index (χ0) is 15.0. The van der Waals surface area contributed by atoms with Crippen LogP contribution in [0.15, 0.2) is 0 Å². The van der Waals surface area contributed by atoms with Gasteiger partial charge >= 0.3 is 0 Å². The zero-order valence-corrected chi connectivity index (χ0v) is 13.3. The Kier molecular flexibility index (Phi) is 8.15. The number of carbonyl (C=O) groups excluding carboxylic acids is 1. The van der Waals surface area contributed by atoms with E-state index in [2.05, 4.69) is 18.7 Å². The summed E-state index contributed by atoms with van der Waals surface area (Å²) in [4.78, 5) is 13.7. The van der Waals surface area contributed by atoms with E-state index in [1.807, 2.05) is 0 Å². The minimum absolute atomic E-state index is 0.213. The highest BCUT2D eigenvalue weighted by molar-refractivity contribution is 5.75. The number of nitrogens with two attached hydrogens (primary N) is 2. The molecule has 0 saturated heterocycles. The summed E-state index contributed by atoms with van der Waals surface area (Å²) in [6.07, 6.45) is 8.50. The Hall–Kier alpha value is -0.610. The highest BCUT2D eigenvalue weighted by Gasteiger charge is 2.33. The number of hydrogen-bond acceptors (Lipinski definition) is 3. The average Bonchev–Trinajstić information content (AvgIpc) is 2.43. The number of nitrogens with zero attached hydrogens (tertiary/aromatic N) is 1. The summed E-state index contributed by atoms with van der Waals surface area (Å²) in [6.45, 7) is 6.52. The Bertz CT molecular complexity index is 283. The molecule has 4 N–H and O–H groups in total. The van der Waals surface area contributed by atoms with Crippen LogP contribution in [-0.2, 0) is 4.79 Å². The fourth-order valence-corrected chi connectivity index (χ4v) is 3.61. The van der Waals surface area contributed by atoms with Crippen LogP contribution in [0.3, 0.4) is 0 Å². The third kappa shape index (κ3) is 5.41. The molecule has 1 fully saturated rings. The van der Waals surface area contributed by atoms with Crippen LogP contribution in [0.5, 0.6) is 0 Å². The Morgan fingerprint density at radius 1 is 1.25 bits per heavy atom. The second-order valence-corrected chi connectivity index (χ2v) is 6.32. The number of primary amides is 1. The lowest BCUT2D eigenvalue weighted by atomic mass is 9.76. The fourth-order valence-electron chi connectivity index (χ4n) is 3.61. The quantitative estimate of drug-likeness (QED) is 0.681. The molecule has 0 aromatic carbocycles. The van der Waals surface area contributed by atoms with E-state index < -0.39 is 0 Å². The highest BCUT2D eigenvalue weighted by Crippen LogP contribution is 2.34. The van der Waals surface area contributed by atoms with Crippen LogP contribution in [0, 0.1) is 11.8 Å². The number of hydrogen-bond donors (Lipinski definition) is 2. The molecule has 0 aromatic rings. The summed E-state index contributed by atoms with van der Waals surface area (Å²) in [6, 6.07) is 0.448. The van der Waals surface area contributed by atoms with Gasteiger partial charge in [0.1, 0.15) is 0 Å². The van der Waals surface area contributed by atoms with Crippen LogP contribution in [0.2, 0.25) is 0 Å². The van der Waals surface area contributed by atoms with Crippen molar-refractivity contribution in [1.82, 2.24) is 4.90 Å². The Labute approximate surface area is 124 Å². The lowest BCUT2D eigenvalue weighted by molar-refractivity contribution is -0.120. The van der Waals surface area contributed by atoms with E-state index in [1.54, 1.807) is 0 Å². The molecule has 0 heterocycles. The van der Waals surface area contributed by atoms with E-state index >= 15 is 0 Å². The molecular weight excluding hydrogens is 250 g/mol. The normalized spacial score (nSPS) is 26.9. The van der Waals surface area contributed by atoms with Crippen molar-refractivity contribution < 1.29 is 4.79 Å². The maximum atomic E-state index is 11.4. The topological polar surface area (TPSA) is 72.3 Å². The maximum absolute atomic E-state index is 11.4. The van der Waals surface area contributed by atoms with Crippen LogP contribution < -0.4 is 11.5 Å². The molecule has 0 aromatic heterocycles. The van der Waals surface area contributed by atoms with E-state index in [1.165, 1.54) is 32.1 Å². The Morgan fingerprint density at radius 3 is 2.55 bits per heavy atom. The Morgan fingerprint density at radius 2 is 2.00 bits per heavy atom. The maximum Gasteiger partial charge on any atom is 0.231 e. The van der Waals surface area contributed by atoms with Crippen molar-refractivity contribution in [3.05, 3.63) is 0 Å². The monoisotopic (exact) mass is 283 g/mol. The molecule has 1 aliphatic carbocycles. The first-order valence-corrected chi connectivity index (χ1v) is 8.34. The van der Waals surface area contributed by atoms with Crippen molar-refractivity contribution in [2.45, 2.75) is 64.8 Å². The van der Waals surface area contributed by atoms with Crippen molar-refractivity contribution in [1.29, 1.82) is 0 Å². The average molecular weight is 283 g/mol. The molecule has 0 aliphatic heterocycles. The SMILES string of the molecule is CCCCN(CC(N)=O)C1CC(CCC)CCC1CN. The predicted octanol–water partition coefficient (Wildman–Crippen LogP) is 2.12. The second kappa shape index (κ2) is 9.35. The van der Waals surface area contributed by atoms with E-state index in [0.717, 1.165) is 31.8 Å². The zero-order valence-electron chi connectivity index (χ0n) is 13.3. The Balaban J connectivity index is 2.72. The minimum atomic E-state index is -0.213. The van der Waals surface area contributed by atoms with Gasteiger partial charge in [-0.05, 0) is 44.2 Å². The minimum Gasteiger partial charge on any atom is -0.369 e. The summed E-state index contributed by atoms with van der Waals surface area (Å²) in [7, 11) is 0. The van der Waals surface area contributed by atoms with Gasteiger partial charge in [-0.3, -0.25) is 9.69 Å². The molecule has 1 saturated carbocycles. The van der Waals surface area contributed by atoms with E-state index in [4.69, 9.17) is 11.5 Å². The largest absolute Gasteiger partial charge is 0.369 e. The van der Waals surface area contributed by atoms with Gasteiger partial charge in [-0.15, -0.1) is 0 Å². The summed E-state index contributed by atoms with van der Waals surface area (Å²) in [5, 5.41) is 0. The summed E-state index contributed by atoms with van der Waals surface area (Å²) in [5.41, 5.74) is 11.4. The van der Waals surface area contributed by atoms with Gasteiger partial charge in [0.15, 0.2) is 0 Å². The lowest BCUT2D eigenvalue weighted by Gasteiger charge is -2.42. The molecule has 3 unspecified atom stereocenters. The molecule has 20 heavy (non-hydrogen) atoms. The van der Waals surface area contributed by atoms with Gasteiger partial charge in [0.2, 0.25) is 5.91 Å². The van der Waals surface area contributed by atoms with Gasteiger partial charge < -0.3 is 11.5 Å². The fraction of sp³-hybridized carbons (Fsp3) is 0.938. The van der Waals surface area contributed by atoms with Gasteiger partial charge in [-0.25, -0.2) is 0 Å². The highest BCUT2D eigenvalue weighted by atomic mass is 16.1. The van der Waals surface area contributed by atoms with Crippen molar-refractivity contribution in [2.24, 2.45) is 23.3 Å². The third-order valence-electron chi connectivity index (χ3n) is 4.69. The van der Waals surface area contributed by atoms with Crippen LogP contribution >= 0.6 is 0 Å². The number of carbonyl (C=O) groups is 1. The van der Waals surface area contributed by atoms with E-state index in [9.17, 15) is 4.79 Å². The molecule has 1 aliphatic rings. The summed E-state index contributed by atoms with van der Waals surface area (Å²) in [5.74, 6) is 1.11. The third-order valence-corrected chi connectivity index (χ3v) is 4.69. The molecule has 0 radical (unpaired) electrons. The van der Waals surface area contributed by atoms with Gasteiger partial charge in [-0.2, -0.15) is 0 Å².